The van der Waals surface area contributed by atoms with Gasteiger partial charge in [-0.3, -0.25) is 0 Å². The molecule has 0 spiro atoms. The lowest BCUT2D eigenvalue weighted by molar-refractivity contribution is 0.0481. The minimum atomic E-state index is 0.221. The SMILES string of the molecule is CCNC(Cc1cccc2ccccc12)C(C)OCC. The highest BCUT2D eigenvalue weighted by Crippen LogP contribution is 2.20. The van der Waals surface area contributed by atoms with E-state index in [1.165, 1.54) is 16.3 Å². The highest BCUT2D eigenvalue weighted by Gasteiger charge is 2.17. The van der Waals surface area contributed by atoms with E-state index in [2.05, 4.69) is 68.6 Å². The topological polar surface area (TPSA) is 21.3 Å². The molecule has 0 aliphatic heterocycles. The van der Waals surface area contributed by atoms with Crippen LogP contribution in [0.3, 0.4) is 0 Å². The van der Waals surface area contributed by atoms with Crippen molar-refractivity contribution in [3.8, 4) is 0 Å². The zero-order valence-electron chi connectivity index (χ0n) is 12.7. The van der Waals surface area contributed by atoms with Crippen molar-refractivity contribution in [2.45, 2.75) is 39.3 Å². The second-order valence-electron chi connectivity index (χ2n) is 5.17. The highest BCUT2D eigenvalue weighted by molar-refractivity contribution is 5.85. The molecular formula is C18H25NO. The Morgan fingerprint density at radius 2 is 1.80 bits per heavy atom. The van der Waals surface area contributed by atoms with Crippen molar-refractivity contribution in [2.24, 2.45) is 0 Å². The number of fused-ring (bicyclic) bond motifs is 1. The standard InChI is InChI=1S/C18H25NO/c1-4-19-18(14(3)20-5-2)13-16-11-8-10-15-9-6-7-12-17(15)16/h6-12,14,18-19H,4-5,13H2,1-3H3. The predicted molar refractivity (Wildman–Crippen MR) is 86.2 cm³/mol. The summed E-state index contributed by atoms with van der Waals surface area (Å²) in [7, 11) is 0. The summed E-state index contributed by atoms with van der Waals surface area (Å²) in [5, 5.41) is 6.21. The van der Waals surface area contributed by atoms with Gasteiger partial charge in [-0.25, -0.2) is 0 Å². The summed E-state index contributed by atoms with van der Waals surface area (Å²) in [5.74, 6) is 0. The molecule has 0 saturated carbocycles. The Morgan fingerprint density at radius 1 is 1.05 bits per heavy atom. The van der Waals surface area contributed by atoms with Crippen LogP contribution < -0.4 is 5.32 Å². The van der Waals surface area contributed by atoms with Crippen molar-refractivity contribution >= 4 is 10.8 Å². The first-order chi connectivity index (χ1) is 9.76. The van der Waals surface area contributed by atoms with Gasteiger partial charge in [0.05, 0.1) is 6.10 Å². The monoisotopic (exact) mass is 271 g/mol. The van der Waals surface area contributed by atoms with Crippen LogP contribution in [-0.4, -0.2) is 25.3 Å². The van der Waals surface area contributed by atoms with Crippen molar-refractivity contribution in [2.75, 3.05) is 13.2 Å². The quantitative estimate of drug-likeness (QED) is 0.827. The van der Waals surface area contributed by atoms with E-state index in [-0.39, 0.29) is 6.10 Å². The third kappa shape index (κ3) is 3.59. The molecule has 0 bridgehead atoms. The van der Waals surface area contributed by atoms with Crippen molar-refractivity contribution in [3.05, 3.63) is 48.0 Å². The zero-order valence-corrected chi connectivity index (χ0v) is 12.7. The Morgan fingerprint density at radius 3 is 2.55 bits per heavy atom. The molecule has 0 aromatic heterocycles. The second-order valence-corrected chi connectivity index (χ2v) is 5.17. The average molecular weight is 271 g/mol. The van der Waals surface area contributed by atoms with Crippen LogP contribution in [0.15, 0.2) is 42.5 Å². The fraction of sp³-hybridized carbons (Fsp3) is 0.444. The summed E-state index contributed by atoms with van der Waals surface area (Å²) in [6.45, 7) is 8.08. The van der Waals surface area contributed by atoms with Crippen molar-refractivity contribution in [1.29, 1.82) is 0 Å². The normalized spacial score (nSPS) is 14.3. The van der Waals surface area contributed by atoms with Crippen molar-refractivity contribution < 1.29 is 4.74 Å². The van der Waals surface area contributed by atoms with Gasteiger partial charge < -0.3 is 10.1 Å². The van der Waals surface area contributed by atoms with Crippen LogP contribution in [0.5, 0.6) is 0 Å². The van der Waals surface area contributed by atoms with Gasteiger partial charge >= 0.3 is 0 Å². The molecule has 2 aromatic carbocycles. The number of hydrogen-bond acceptors (Lipinski definition) is 2. The number of nitrogens with one attached hydrogen (secondary N) is 1. The molecule has 20 heavy (non-hydrogen) atoms. The van der Waals surface area contributed by atoms with E-state index in [0.717, 1.165) is 19.6 Å². The first-order valence-electron chi connectivity index (χ1n) is 7.57. The molecule has 0 aliphatic rings. The molecule has 2 rings (SSSR count). The fourth-order valence-corrected chi connectivity index (χ4v) is 2.75. The Hall–Kier alpha value is -1.38. The van der Waals surface area contributed by atoms with Crippen LogP contribution in [0.1, 0.15) is 26.3 Å². The number of ether oxygens (including phenoxy) is 1. The van der Waals surface area contributed by atoms with Crippen LogP contribution in [-0.2, 0) is 11.2 Å². The molecule has 2 aromatic rings. The van der Waals surface area contributed by atoms with E-state index < -0.39 is 0 Å². The molecule has 0 radical (unpaired) electrons. The Balaban J connectivity index is 2.24. The van der Waals surface area contributed by atoms with Gasteiger partial charge in [-0.1, -0.05) is 49.4 Å². The van der Waals surface area contributed by atoms with Gasteiger partial charge in [0.2, 0.25) is 0 Å². The minimum absolute atomic E-state index is 0.221. The number of likely N-dealkylation sites (N-methyl/N-ethyl adjacent to an activating group) is 1. The van der Waals surface area contributed by atoms with Crippen LogP contribution >= 0.6 is 0 Å². The third-order valence-corrected chi connectivity index (χ3v) is 3.78. The van der Waals surface area contributed by atoms with Gasteiger partial charge in [0.25, 0.3) is 0 Å². The first-order valence-corrected chi connectivity index (χ1v) is 7.57. The molecule has 2 atom stereocenters. The van der Waals surface area contributed by atoms with Gasteiger partial charge in [-0.2, -0.15) is 0 Å². The minimum Gasteiger partial charge on any atom is -0.377 e. The van der Waals surface area contributed by atoms with Gasteiger partial charge in [-0.15, -0.1) is 0 Å². The fourth-order valence-electron chi connectivity index (χ4n) is 2.75. The maximum Gasteiger partial charge on any atom is 0.0703 e. The maximum atomic E-state index is 5.78. The van der Waals surface area contributed by atoms with E-state index in [0.29, 0.717) is 6.04 Å². The number of benzene rings is 2. The average Bonchev–Trinajstić information content (AvgIpc) is 2.47. The van der Waals surface area contributed by atoms with E-state index in [4.69, 9.17) is 4.74 Å². The van der Waals surface area contributed by atoms with Gasteiger partial charge in [0.1, 0.15) is 0 Å². The van der Waals surface area contributed by atoms with Crippen LogP contribution in [0, 0.1) is 0 Å². The van der Waals surface area contributed by atoms with Gasteiger partial charge in [0.15, 0.2) is 0 Å². The molecule has 1 N–H and O–H groups in total. The Bertz CT molecular complexity index is 532. The lowest BCUT2D eigenvalue weighted by Gasteiger charge is -2.25. The zero-order chi connectivity index (χ0) is 14.4. The lowest BCUT2D eigenvalue weighted by atomic mass is 9.96. The lowest BCUT2D eigenvalue weighted by Crippen LogP contribution is -2.41. The molecule has 2 unspecified atom stereocenters. The largest absolute Gasteiger partial charge is 0.377 e. The summed E-state index contributed by atoms with van der Waals surface area (Å²) in [5.41, 5.74) is 1.39. The molecule has 0 saturated heterocycles. The first kappa shape index (κ1) is 15.0. The molecule has 2 nitrogen and oxygen atoms in total. The van der Waals surface area contributed by atoms with E-state index >= 15 is 0 Å². The maximum absolute atomic E-state index is 5.78. The van der Waals surface area contributed by atoms with E-state index in [1.54, 1.807) is 0 Å². The summed E-state index contributed by atoms with van der Waals surface area (Å²) in [6, 6.07) is 15.5. The molecule has 108 valence electrons. The van der Waals surface area contributed by atoms with Crippen LogP contribution in [0.2, 0.25) is 0 Å². The van der Waals surface area contributed by atoms with E-state index in [9.17, 15) is 0 Å². The summed E-state index contributed by atoms with van der Waals surface area (Å²) < 4.78 is 5.78. The Labute approximate surface area is 122 Å². The predicted octanol–water partition coefficient (Wildman–Crippen LogP) is 3.79. The van der Waals surface area contributed by atoms with Crippen molar-refractivity contribution in [1.82, 2.24) is 5.32 Å². The smallest absolute Gasteiger partial charge is 0.0703 e. The summed E-state index contributed by atoms with van der Waals surface area (Å²) >= 11 is 0. The van der Waals surface area contributed by atoms with Gasteiger partial charge in [0, 0.05) is 12.6 Å². The summed E-state index contributed by atoms with van der Waals surface area (Å²) in [4.78, 5) is 0. The van der Waals surface area contributed by atoms with Crippen LogP contribution in [0.25, 0.3) is 10.8 Å². The summed E-state index contributed by atoms with van der Waals surface area (Å²) in [6.07, 6.45) is 1.22. The molecule has 2 heteroatoms. The third-order valence-electron chi connectivity index (χ3n) is 3.78. The number of rotatable bonds is 7. The molecule has 0 amide bonds. The molecule has 0 heterocycles. The number of hydrogen-bond donors (Lipinski definition) is 1. The van der Waals surface area contributed by atoms with Gasteiger partial charge in [-0.05, 0) is 43.1 Å². The molecule has 0 aliphatic carbocycles. The Kier molecular flexibility index (Phi) is 5.57. The highest BCUT2D eigenvalue weighted by atomic mass is 16.5. The van der Waals surface area contributed by atoms with Crippen LogP contribution in [0.4, 0.5) is 0 Å². The second kappa shape index (κ2) is 7.41. The molecule has 0 fully saturated rings. The van der Waals surface area contributed by atoms with Crippen molar-refractivity contribution in [3.63, 3.8) is 0 Å². The molecular weight excluding hydrogens is 246 g/mol. The van der Waals surface area contributed by atoms with E-state index in [1.807, 2.05) is 0 Å².